The van der Waals surface area contributed by atoms with Gasteiger partial charge < -0.3 is 0 Å². The van der Waals surface area contributed by atoms with E-state index in [1.54, 1.807) is 36.5 Å². The molecule has 0 N–H and O–H groups in total. The Balaban J connectivity index is 2.54. The number of sulfone groups is 1. The molecule has 0 saturated heterocycles. The Labute approximate surface area is 147 Å². The molecule has 0 saturated carbocycles. The summed E-state index contributed by atoms with van der Waals surface area (Å²) in [5.41, 5.74) is 3.21. The number of hydrogen-bond donors (Lipinski definition) is 0. The summed E-state index contributed by atoms with van der Waals surface area (Å²) in [6, 6.07) is 10.5. The van der Waals surface area contributed by atoms with E-state index in [0.717, 1.165) is 21.7 Å². The van der Waals surface area contributed by atoms with Gasteiger partial charge in [0.05, 0.1) is 16.3 Å². The van der Waals surface area contributed by atoms with Gasteiger partial charge >= 0.3 is 0 Å². The van der Waals surface area contributed by atoms with Gasteiger partial charge in [-0.2, -0.15) is 0 Å². The number of nitrogens with zero attached hydrogens (tertiary/aromatic N) is 2. The lowest BCUT2D eigenvalue weighted by Gasteiger charge is -2.11. The molecule has 0 unspecified atom stereocenters. The summed E-state index contributed by atoms with van der Waals surface area (Å²) in [6.07, 6.45) is 6.53. The molecule has 6 heteroatoms. The van der Waals surface area contributed by atoms with E-state index in [9.17, 15) is 8.42 Å². The molecule has 0 aliphatic carbocycles. The third-order valence-corrected chi connectivity index (χ3v) is 5.36. The molecule has 0 bridgehead atoms. The van der Waals surface area contributed by atoms with Crippen molar-refractivity contribution in [3.05, 3.63) is 66.0 Å². The molecule has 1 aromatic carbocycles. The minimum Gasteiger partial charge on any atom is -0.263 e. The smallest absolute Gasteiger partial charge is 0.175 e. The Morgan fingerprint density at radius 2 is 1.79 bits per heavy atom. The highest BCUT2D eigenvalue weighted by Gasteiger charge is 2.12. The van der Waals surface area contributed by atoms with E-state index in [0.29, 0.717) is 5.70 Å². The number of thioether (sulfide) groups is 1. The topological polar surface area (TPSA) is 59.4 Å². The quantitative estimate of drug-likeness (QED) is 0.732. The molecular formula is C18H18N2O2S2. The first kappa shape index (κ1) is 18.2. The summed E-state index contributed by atoms with van der Waals surface area (Å²) < 4.78 is 23.2. The van der Waals surface area contributed by atoms with Crippen molar-refractivity contribution in [2.24, 2.45) is 4.99 Å². The van der Waals surface area contributed by atoms with E-state index in [2.05, 4.69) is 23.3 Å². The number of aliphatic imine (C=N–C) groups is 1. The standard InChI is InChI=1S/C18H18N2O2S2/c1-5-15-9-6-14(12-20-15)17(19-2)18(23-3)13-7-10-16(11-8-13)24(4,21)22/h5-12H,1-2H2,3-4H3/b18-17-. The Kier molecular flexibility index (Phi) is 5.75. The van der Waals surface area contributed by atoms with E-state index in [4.69, 9.17) is 0 Å². The van der Waals surface area contributed by atoms with Crippen LogP contribution in [0.2, 0.25) is 0 Å². The average Bonchev–Trinajstić information content (AvgIpc) is 2.59. The van der Waals surface area contributed by atoms with Crippen molar-refractivity contribution < 1.29 is 8.42 Å². The highest BCUT2D eigenvalue weighted by atomic mass is 32.2. The summed E-state index contributed by atoms with van der Waals surface area (Å²) >= 11 is 1.52. The molecule has 0 spiro atoms. The van der Waals surface area contributed by atoms with Gasteiger partial charge in [-0.3, -0.25) is 9.98 Å². The molecule has 124 valence electrons. The third kappa shape index (κ3) is 4.01. The van der Waals surface area contributed by atoms with Gasteiger partial charge in [0.15, 0.2) is 9.84 Å². The molecule has 4 nitrogen and oxygen atoms in total. The summed E-state index contributed by atoms with van der Waals surface area (Å²) in [7, 11) is -3.22. The molecule has 0 aliphatic rings. The van der Waals surface area contributed by atoms with Crippen molar-refractivity contribution in [2.75, 3.05) is 12.5 Å². The molecule has 0 amide bonds. The average molecular weight is 358 g/mol. The van der Waals surface area contributed by atoms with E-state index in [-0.39, 0.29) is 4.90 Å². The third-order valence-electron chi connectivity index (χ3n) is 3.39. The number of rotatable bonds is 6. The predicted molar refractivity (Wildman–Crippen MR) is 104 cm³/mol. The molecule has 2 rings (SSSR count). The van der Waals surface area contributed by atoms with Gasteiger partial charge in [0.1, 0.15) is 0 Å². The molecule has 0 aliphatic heterocycles. The fourth-order valence-electron chi connectivity index (χ4n) is 2.17. The molecule has 0 radical (unpaired) electrons. The lowest BCUT2D eigenvalue weighted by atomic mass is 10.1. The van der Waals surface area contributed by atoms with E-state index < -0.39 is 9.84 Å². The van der Waals surface area contributed by atoms with Crippen LogP contribution in [0.4, 0.5) is 0 Å². The second-order valence-electron chi connectivity index (χ2n) is 5.01. The van der Waals surface area contributed by atoms with Crippen LogP contribution < -0.4 is 0 Å². The number of hydrogen-bond acceptors (Lipinski definition) is 5. The van der Waals surface area contributed by atoms with Gasteiger partial charge in [0, 0.05) is 22.9 Å². The van der Waals surface area contributed by atoms with Gasteiger partial charge in [-0.05, 0) is 48.9 Å². The predicted octanol–water partition coefficient (Wildman–Crippen LogP) is 4.02. The van der Waals surface area contributed by atoms with Crippen LogP contribution in [0.15, 0.2) is 59.1 Å². The monoisotopic (exact) mass is 358 g/mol. The Hall–Kier alpha value is -2.18. The first-order valence-electron chi connectivity index (χ1n) is 7.05. The summed E-state index contributed by atoms with van der Waals surface area (Å²) in [5.74, 6) is 0. The molecule has 0 atom stereocenters. The van der Waals surface area contributed by atoms with Crippen LogP contribution in [0.3, 0.4) is 0 Å². The second-order valence-corrected chi connectivity index (χ2v) is 7.84. The van der Waals surface area contributed by atoms with Gasteiger partial charge in [-0.25, -0.2) is 8.42 Å². The van der Waals surface area contributed by atoms with Crippen LogP contribution in [0.5, 0.6) is 0 Å². The Morgan fingerprint density at radius 3 is 2.21 bits per heavy atom. The fourth-order valence-corrected chi connectivity index (χ4v) is 3.54. The number of aromatic nitrogens is 1. The molecular weight excluding hydrogens is 340 g/mol. The van der Waals surface area contributed by atoms with Crippen LogP contribution in [0.1, 0.15) is 16.8 Å². The lowest BCUT2D eigenvalue weighted by Crippen LogP contribution is -1.97. The number of pyridine rings is 1. The van der Waals surface area contributed by atoms with Crippen LogP contribution in [0, 0.1) is 0 Å². The molecule has 24 heavy (non-hydrogen) atoms. The first-order valence-corrected chi connectivity index (χ1v) is 10.2. The maximum Gasteiger partial charge on any atom is 0.175 e. The largest absolute Gasteiger partial charge is 0.263 e. The SMILES string of the molecule is C=Cc1ccc(/C(N=C)=C(/SC)c2ccc(S(C)(=O)=O)cc2)cn1. The van der Waals surface area contributed by atoms with Gasteiger partial charge in [0.2, 0.25) is 0 Å². The maximum absolute atomic E-state index is 11.6. The van der Waals surface area contributed by atoms with Crippen LogP contribution in [0.25, 0.3) is 16.7 Å². The maximum atomic E-state index is 11.6. The molecule has 0 fully saturated rings. The highest BCUT2D eigenvalue weighted by molar-refractivity contribution is 8.07. The lowest BCUT2D eigenvalue weighted by molar-refractivity contribution is 0.602. The molecule has 2 aromatic rings. The van der Waals surface area contributed by atoms with E-state index >= 15 is 0 Å². The minimum atomic E-state index is -3.22. The van der Waals surface area contributed by atoms with Crippen molar-refractivity contribution in [1.29, 1.82) is 0 Å². The first-order chi connectivity index (χ1) is 11.4. The van der Waals surface area contributed by atoms with E-state index in [1.807, 2.05) is 18.4 Å². The minimum absolute atomic E-state index is 0.289. The van der Waals surface area contributed by atoms with Crippen molar-refractivity contribution >= 4 is 45.0 Å². The normalized spacial score (nSPS) is 12.4. The van der Waals surface area contributed by atoms with Crippen LogP contribution >= 0.6 is 11.8 Å². The van der Waals surface area contributed by atoms with Crippen molar-refractivity contribution in [1.82, 2.24) is 4.98 Å². The zero-order valence-corrected chi connectivity index (χ0v) is 15.2. The van der Waals surface area contributed by atoms with Crippen molar-refractivity contribution in [2.45, 2.75) is 4.90 Å². The van der Waals surface area contributed by atoms with Gasteiger partial charge in [0.25, 0.3) is 0 Å². The van der Waals surface area contributed by atoms with Crippen LogP contribution in [-0.4, -0.2) is 32.6 Å². The Morgan fingerprint density at radius 1 is 1.17 bits per heavy atom. The summed E-state index contributed by atoms with van der Waals surface area (Å²) in [6.45, 7) is 7.36. The van der Waals surface area contributed by atoms with Gasteiger partial charge in [-0.15, -0.1) is 11.8 Å². The van der Waals surface area contributed by atoms with E-state index in [1.165, 1.54) is 18.0 Å². The summed E-state index contributed by atoms with van der Waals surface area (Å²) in [5, 5.41) is 0. The van der Waals surface area contributed by atoms with Gasteiger partial charge in [-0.1, -0.05) is 18.7 Å². The number of benzene rings is 1. The fraction of sp³-hybridized carbons (Fsp3) is 0.111. The highest BCUT2D eigenvalue weighted by Crippen LogP contribution is 2.34. The molecule has 1 heterocycles. The Bertz CT molecular complexity index is 882. The van der Waals surface area contributed by atoms with Crippen molar-refractivity contribution in [3.8, 4) is 0 Å². The van der Waals surface area contributed by atoms with Crippen LogP contribution in [-0.2, 0) is 9.84 Å². The zero-order valence-electron chi connectivity index (χ0n) is 13.6. The zero-order chi connectivity index (χ0) is 17.7. The second kappa shape index (κ2) is 7.59. The van der Waals surface area contributed by atoms with Crippen molar-refractivity contribution in [3.63, 3.8) is 0 Å². The summed E-state index contributed by atoms with van der Waals surface area (Å²) in [4.78, 5) is 9.64. The molecule has 1 aromatic heterocycles.